The van der Waals surface area contributed by atoms with E-state index in [0.717, 1.165) is 18.9 Å². The molecule has 0 aliphatic heterocycles. The predicted octanol–water partition coefficient (Wildman–Crippen LogP) is 1.57. The van der Waals surface area contributed by atoms with Crippen molar-refractivity contribution in [1.29, 1.82) is 0 Å². The lowest BCUT2D eigenvalue weighted by Gasteiger charge is -2.12. The van der Waals surface area contributed by atoms with Crippen molar-refractivity contribution < 1.29 is 12.8 Å². The van der Waals surface area contributed by atoms with E-state index < -0.39 is 15.8 Å². The third-order valence-electron chi connectivity index (χ3n) is 3.11. The van der Waals surface area contributed by atoms with Crippen molar-refractivity contribution in [3.63, 3.8) is 0 Å². The van der Waals surface area contributed by atoms with Crippen LogP contribution in [-0.4, -0.2) is 21.0 Å². The molecular weight excluding hydrogens is 291 g/mol. The molecule has 7 heteroatoms. The third-order valence-corrected chi connectivity index (χ3v) is 4.55. The molecule has 0 spiro atoms. The van der Waals surface area contributed by atoms with Gasteiger partial charge in [-0.25, -0.2) is 17.5 Å². The lowest BCUT2D eigenvalue weighted by atomic mass is 10.2. The van der Waals surface area contributed by atoms with E-state index in [1.807, 2.05) is 0 Å². The molecule has 1 aliphatic carbocycles. The first-order chi connectivity index (χ1) is 8.40. The highest BCUT2D eigenvalue weighted by Crippen LogP contribution is 2.31. The molecule has 19 heavy (non-hydrogen) atoms. The Kier molecular flexibility index (Phi) is 5.32. The molecule has 1 saturated carbocycles. The largest absolute Gasteiger partial charge is 0.326 e. The number of rotatable bonds is 5. The van der Waals surface area contributed by atoms with Crippen LogP contribution in [0.3, 0.4) is 0 Å². The quantitative estimate of drug-likeness (QED) is 0.867. The minimum absolute atomic E-state index is 0. The Morgan fingerprint density at radius 2 is 2.11 bits per heavy atom. The number of hydrogen-bond acceptors (Lipinski definition) is 3. The van der Waals surface area contributed by atoms with Crippen molar-refractivity contribution in [2.75, 3.05) is 6.54 Å². The summed E-state index contributed by atoms with van der Waals surface area (Å²) in [5, 5.41) is 0. The maximum absolute atomic E-state index is 13.5. The van der Waals surface area contributed by atoms with E-state index in [2.05, 4.69) is 4.72 Å². The van der Waals surface area contributed by atoms with Gasteiger partial charge in [0.15, 0.2) is 0 Å². The van der Waals surface area contributed by atoms with E-state index in [1.54, 1.807) is 6.92 Å². The lowest BCUT2D eigenvalue weighted by Crippen LogP contribution is -2.38. The molecule has 0 amide bonds. The maximum Gasteiger partial charge on any atom is 0.243 e. The number of nitrogens with one attached hydrogen (secondary N) is 1. The van der Waals surface area contributed by atoms with Gasteiger partial charge in [-0.3, -0.25) is 0 Å². The first-order valence-electron chi connectivity index (χ1n) is 5.91. The van der Waals surface area contributed by atoms with Crippen LogP contribution >= 0.6 is 12.4 Å². The summed E-state index contributed by atoms with van der Waals surface area (Å²) in [6.45, 7) is 1.87. The third kappa shape index (κ3) is 4.14. The van der Waals surface area contributed by atoms with E-state index in [-0.39, 0.29) is 29.9 Å². The molecule has 1 aromatic rings. The van der Waals surface area contributed by atoms with E-state index in [1.165, 1.54) is 12.1 Å². The SMILES string of the molecule is Cc1ccc(F)c(S(=O)(=O)NCC(N)C2CC2)c1.Cl. The van der Waals surface area contributed by atoms with Gasteiger partial charge in [-0.05, 0) is 43.4 Å². The summed E-state index contributed by atoms with van der Waals surface area (Å²) in [5.41, 5.74) is 6.51. The molecule has 0 bridgehead atoms. The van der Waals surface area contributed by atoms with Gasteiger partial charge in [0.1, 0.15) is 10.7 Å². The van der Waals surface area contributed by atoms with Crippen molar-refractivity contribution in [1.82, 2.24) is 4.72 Å². The Hall–Kier alpha value is -0.690. The van der Waals surface area contributed by atoms with Crippen LogP contribution in [0.4, 0.5) is 4.39 Å². The summed E-state index contributed by atoms with van der Waals surface area (Å²) in [7, 11) is -3.82. The summed E-state index contributed by atoms with van der Waals surface area (Å²) in [5.74, 6) is -0.344. The molecule has 0 radical (unpaired) electrons. The van der Waals surface area contributed by atoms with Crippen LogP contribution in [0, 0.1) is 18.7 Å². The number of aryl methyl sites for hydroxylation is 1. The molecule has 1 unspecified atom stereocenters. The smallest absolute Gasteiger partial charge is 0.243 e. The molecule has 4 nitrogen and oxygen atoms in total. The van der Waals surface area contributed by atoms with E-state index in [9.17, 15) is 12.8 Å². The fourth-order valence-corrected chi connectivity index (χ4v) is 3.02. The van der Waals surface area contributed by atoms with Gasteiger partial charge in [-0.15, -0.1) is 12.4 Å². The first kappa shape index (κ1) is 16.4. The van der Waals surface area contributed by atoms with Gasteiger partial charge in [-0.1, -0.05) is 6.07 Å². The molecule has 0 aromatic heterocycles. The fourth-order valence-electron chi connectivity index (χ4n) is 1.79. The second-order valence-corrected chi connectivity index (χ2v) is 6.52. The number of halogens is 2. The predicted molar refractivity (Wildman–Crippen MR) is 74.3 cm³/mol. The average molecular weight is 309 g/mol. The van der Waals surface area contributed by atoms with Gasteiger partial charge in [0.25, 0.3) is 0 Å². The molecule has 1 aromatic carbocycles. The van der Waals surface area contributed by atoms with Gasteiger partial charge in [0.05, 0.1) is 0 Å². The highest BCUT2D eigenvalue weighted by Gasteiger charge is 2.29. The minimum Gasteiger partial charge on any atom is -0.326 e. The Morgan fingerprint density at radius 3 is 2.68 bits per heavy atom. The van der Waals surface area contributed by atoms with Crippen molar-refractivity contribution in [2.45, 2.75) is 30.7 Å². The van der Waals surface area contributed by atoms with Crippen molar-refractivity contribution in [2.24, 2.45) is 11.7 Å². The molecule has 1 atom stereocenters. The Morgan fingerprint density at radius 1 is 1.47 bits per heavy atom. The summed E-state index contributed by atoms with van der Waals surface area (Å²) in [4.78, 5) is -0.314. The Bertz CT molecular complexity index is 547. The van der Waals surface area contributed by atoms with Gasteiger partial charge in [-0.2, -0.15) is 0 Å². The number of hydrogen-bond donors (Lipinski definition) is 2. The fraction of sp³-hybridized carbons (Fsp3) is 0.500. The standard InChI is InChI=1S/C12H17FN2O2S.ClH/c1-8-2-5-10(13)12(6-8)18(16,17)15-7-11(14)9-3-4-9;/h2,5-6,9,11,15H,3-4,7,14H2,1H3;1H. The van der Waals surface area contributed by atoms with E-state index in [0.29, 0.717) is 11.5 Å². The molecule has 0 saturated heterocycles. The monoisotopic (exact) mass is 308 g/mol. The van der Waals surface area contributed by atoms with Gasteiger partial charge < -0.3 is 5.73 Å². The number of sulfonamides is 1. The topological polar surface area (TPSA) is 72.2 Å². The molecule has 1 aliphatic rings. The highest BCUT2D eigenvalue weighted by molar-refractivity contribution is 7.89. The second-order valence-electron chi connectivity index (χ2n) is 4.79. The van der Waals surface area contributed by atoms with Crippen LogP contribution in [0.1, 0.15) is 18.4 Å². The van der Waals surface area contributed by atoms with Crippen molar-refractivity contribution in [3.05, 3.63) is 29.6 Å². The van der Waals surface area contributed by atoms with E-state index in [4.69, 9.17) is 5.73 Å². The van der Waals surface area contributed by atoms with Crippen LogP contribution in [0.2, 0.25) is 0 Å². The van der Waals surface area contributed by atoms with Gasteiger partial charge in [0.2, 0.25) is 10.0 Å². The van der Waals surface area contributed by atoms with Crippen LogP contribution in [-0.2, 0) is 10.0 Å². The molecule has 108 valence electrons. The zero-order chi connectivity index (χ0) is 13.3. The molecule has 3 N–H and O–H groups in total. The van der Waals surface area contributed by atoms with Crippen LogP contribution in [0.5, 0.6) is 0 Å². The summed E-state index contributed by atoms with van der Waals surface area (Å²) < 4.78 is 39.8. The zero-order valence-corrected chi connectivity index (χ0v) is 12.2. The highest BCUT2D eigenvalue weighted by atomic mass is 35.5. The van der Waals surface area contributed by atoms with Crippen molar-refractivity contribution >= 4 is 22.4 Å². The van der Waals surface area contributed by atoms with Crippen LogP contribution in [0.15, 0.2) is 23.1 Å². The normalized spacial score (nSPS) is 16.8. The molecule has 0 heterocycles. The van der Waals surface area contributed by atoms with Gasteiger partial charge in [0, 0.05) is 12.6 Å². The lowest BCUT2D eigenvalue weighted by molar-refractivity contribution is 0.536. The maximum atomic E-state index is 13.5. The Labute approximate surface area is 119 Å². The number of nitrogens with two attached hydrogens (primary N) is 1. The average Bonchev–Trinajstić information content (AvgIpc) is 3.13. The summed E-state index contributed by atoms with van der Waals surface area (Å²) in [6.07, 6.45) is 2.09. The molecular formula is C12H18ClFN2O2S. The van der Waals surface area contributed by atoms with Crippen LogP contribution in [0.25, 0.3) is 0 Å². The summed E-state index contributed by atoms with van der Waals surface area (Å²) >= 11 is 0. The molecule has 1 fully saturated rings. The van der Waals surface area contributed by atoms with Crippen molar-refractivity contribution in [3.8, 4) is 0 Å². The van der Waals surface area contributed by atoms with Gasteiger partial charge >= 0.3 is 0 Å². The van der Waals surface area contributed by atoms with Crippen LogP contribution < -0.4 is 10.5 Å². The summed E-state index contributed by atoms with van der Waals surface area (Å²) in [6, 6.07) is 3.82. The molecule has 2 rings (SSSR count). The zero-order valence-electron chi connectivity index (χ0n) is 10.6. The first-order valence-corrected chi connectivity index (χ1v) is 7.40. The van der Waals surface area contributed by atoms with E-state index >= 15 is 0 Å². The number of benzene rings is 1. The minimum atomic E-state index is -3.82. The Balaban J connectivity index is 0.00000180. The second kappa shape index (κ2) is 6.17.